The second-order valence-electron chi connectivity index (χ2n) is 8.16. The second-order valence-corrected chi connectivity index (χ2v) is 8.60. The van der Waals surface area contributed by atoms with E-state index in [1.165, 1.54) is 5.56 Å². The number of aryl methyl sites for hydroxylation is 1. The number of nitrogens with one attached hydrogen (secondary N) is 1. The minimum Gasteiger partial charge on any atom is -0.334 e. The summed E-state index contributed by atoms with van der Waals surface area (Å²) in [4.78, 5) is 15.5. The van der Waals surface area contributed by atoms with Gasteiger partial charge in [-0.2, -0.15) is 0 Å². The number of carbonyl (C=O) groups is 1. The molecule has 0 radical (unpaired) electrons. The van der Waals surface area contributed by atoms with Crippen LogP contribution in [-0.4, -0.2) is 15.5 Å². The quantitative estimate of drug-likeness (QED) is 0.400. The van der Waals surface area contributed by atoms with Gasteiger partial charge < -0.3 is 14.8 Å². The summed E-state index contributed by atoms with van der Waals surface area (Å²) in [5.41, 5.74) is 6.47. The Morgan fingerprint density at radius 2 is 1.81 bits per heavy atom. The molecule has 0 aliphatic carbocycles. The maximum atomic E-state index is 13.6. The largest absolute Gasteiger partial charge is 0.334 e. The lowest BCUT2D eigenvalue weighted by atomic mass is 10.0. The van der Waals surface area contributed by atoms with Crippen LogP contribution in [-0.2, 0) is 13.1 Å². The molecule has 0 saturated carbocycles. The van der Waals surface area contributed by atoms with E-state index in [9.17, 15) is 4.79 Å². The van der Waals surface area contributed by atoms with E-state index in [-0.39, 0.29) is 12.1 Å². The molecule has 2 amide bonds. The summed E-state index contributed by atoms with van der Waals surface area (Å²) in [6.45, 7) is 3.02. The first-order valence-corrected chi connectivity index (χ1v) is 11.1. The molecule has 2 heterocycles. The second kappa shape index (κ2) is 8.56. The van der Waals surface area contributed by atoms with Crippen LogP contribution in [0.3, 0.4) is 0 Å². The molecule has 5 rings (SSSR count). The van der Waals surface area contributed by atoms with E-state index in [4.69, 9.17) is 11.6 Å². The van der Waals surface area contributed by atoms with Crippen molar-refractivity contribution in [1.82, 2.24) is 14.8 Å². The number of amides is 2. The third kappa shape index (κ3) is 3.90. The summed E-state index contributed by atoms with van der Waals surface area (Å²) in [6.07, 6.45) is 2.05. The van der Waals surface area contributed by atoms with Crippen LogP contribution in [0, 0.1) is 6.92 Å². The molecular weight excluding hydrogens is 418 g/mol. The molecule has 4 nitrogen and oxygen atoms in total. The van der Waals surface area contributed by atoms with Crippen LogP contribution < -0.4 is 5.32 Å². The van der Waals surface area contributed by atoms with Gasteiger partial charge in [-0.3, -0.25) is 0 Å². The van der Waals surface area contributed by atoms with Crippen molar-refractivity contribution in [2.24, 2.45) is 0 Å². The van der Waals surface area contributed by atoms with Crippen LogP contribution >= 0.6 is 11.6 Å². The number of aromatic nitrogens is 1. The van der Waals surface area contributed by atoms with Crippen molar-refractivity contribution in [1.29, 1.82) is 0 Å². The highest BCUT2D eigenvalue weighted by Gasteiger charge is 2.32. The summed E-state index contributed by atoms with van der Waals surface area (Å²) in [5.74, 6) is 0. The molecule has 160 valence electrons. The van der Waals surface area contributed by atoms with Crippen molar-refractivity contribution in [3.63, 3.8) is 0 Å². The summed E-state index contributed by atoms with van der Waals surface area (Å²) >= 11 is 6.35. The number of hydrogen-bond acceptors (Lipinski definition) is 1. The van der Waals surface area contributed by atoms with Gasteiger partial charge in [0.05, 0.1) is 18.3 Å². The zero-order chi connectivity index (χ0) is 22.1. The third-order valence-electron chi connectivity index (χ3n) is 5.95. The molecule has 1 atom stereocenters. The van der Waals surface area contributed by atoms with Gasteiger partial charge in [0.25, 0.3) is 0 Å². The van der Waals surface area contributed by atoms with Crippen molar-refractivity contribution in [2.45, 2.75) is 26.1 Å². The Labute approximate surface area is 193 Å². The highest BCUT2D eigenvalue weighted by molar-refractivity contribution is 6.30. The van der Waals surface area contributed by atoms with E-state index < -0.39 is 0 Å². The van der Waals surface area contributed by atoms with Crippen LogP contribution in [0.2, 0.25) is 5.02 Å². The minimum atomic E-state index is -0.269. The van der Waals surface area contributed by atoms with Crippen molar-refractivity contribution < 1.29 is 4.79 Å². The zero-order valence-corrected chi connectivity index (χ0v) is 18.6. The molecule has 0 bridgehead atoms. The Hall–Kier alpha value is -3.50. The summed E-state index contributed by atoms with van der Waals surface area (Å²) in [7, 11) is 0. The number of rotatable bonds is 3. The van der Waals surface area contributed by atoms with Crippen LogP contribution in [0.25, 0.3) is 5.69 Å². The molecule has 1 aliphatic rings. The number of nitrogens with zero attached hydrogens (tertiary/aromatic N) is 2. The van der Waals surface area contributed by atoms with E-state index in [1.807, 2.05) is 59.5 Å². The van der Waals surface area contributed by atoms with Gasteiger partial charge >= 0.3 is 6.03 Å². The fourth-order valence-corrected chi connectivity index (χ4v) is 4.55. The Morgan fingerprint density at radius 1 is 1.00 bits per heavy atom. The number of para-hydroxylation sites is 1. The molecule has 32 heavy (non-hydrogen) atoms. The predicted octanol–water partition coefficient (Wildman–Crippen LogP) is 6.25. The van der Waals surface area contributed by atoms with Gasteiger partial charge in [0.15, 0.2) is 0 Å². The molecule has 5 heteroatoms. The topological polar surface area (TPSA) is 37.3 Å². The van der Waals surface area contributed by atoms with Crippen LogP contribution in [0.4, 0.5) is 4.79 Å². The Balaban J connectivity index is 1.55. The van der Waals surface area contributed by atoms with Gasteiger partial charge in [0.2, 0.25) is 0 Å². The molecule has 0 saturated heterocycles. The van der Waals surface area contributed by atoms with E-state index >= 15 is 0 Å². The minimum absolute atomic E-state index is 0.111. The lowest BCUT2D eigenvalue weighted by molar-refractivity contribution is 0.180. The summed E-state index contributed by atoms with van der Waals surface area (Å²) in [5, 5.41) is 3.78. The fraction of sp³-hybridized carbons (Fsp3) is 0.148. The van der Waals surface area contributed by atoms with Crippen LogP contribution in [0.5, 0.6) is 0 Å². The normalized spacial score (nSPS) is 14.9. The molecule has 3 aromatic carbocycles. The van der Waals surface area contributed by atoms with Crippen molar-refractivity contribution >= 4 is 17.6 Å². The van der Waals surface area contributed by atoms with Gasteiger partial charge in [-0.05, 0) is 53.9 Å². The number of hydrogen-bond donors (Lipinski definition) is 1. The monoisotopic (exact) mass is 441 g/mol. The lowest BCUT2D eigenvalue weighted by Gasteiger charge is -2.31. The maximum absolute atomic E-state index is 13.6. The van der Waals surface area contributed by atoms with Crippen molar-refractivity contribution in [3.8, 4) is 5.69 Å². The number of halogens is 1. The molecule has 1 aromatic heterocycles. The maximum Gasteiger partial charge on any atom is 0.318 e. The van der Waals surface area contributed by atoms with Crippen molar-refractivity contribution in [2.75, 3.05) is 0 Å². The zero-order valence-electron chi connectivity index (χ0n) is 17.8. The molecule has 0 fully saturated rings. The van der Waals surface area contributed by atoms with Gasteiger partial charge in [-0.25, -0.2) is 4.79 Å². The van der Waals surface area contributed by atoms with Gasteiger partial charge in [0.1, 0.15) is 0 Å². The average Bonchev–Trinajstić information content (AvgIpc) is 3.22. The SMILES string of the molecule is Cc1ccc(CNC(=O)N2Cc3ccccc3-n3cccc3[C@@H]2c2cccc(Cl)c2)cc1. The average molecular weight is 442 g/mol. The van der Waals surface area contributed by atoms with E-state index in [0.717, 1.165) is 28.1 Å². The van der Waals surface area contributed by atoms with E-state index in [1.54, 1.807) is 0 Å². The standard InChI is InChI=1S/C27H24ClN3O/c1-19-11-13-20(14-12-19)17-29-27(32)31-18-22-6-2-3-9-24(22)30-15-5-10-25(30)26(31)21-7-4-8-23(28)16-21/h2-16,26H,17-18H2,1H3,(H,29,32)/t26-/m0/s1. The first kappa shape index (κ1) is 20.4. The molecule has 4 aromatic rings. The van der Waals surface area contributed by atoms with Gasteiger partial charge in [-0.1, -0.05) is 71.8 Å². The van der Waals surface area contributed by atoms with Gasteiger partial charge in [0, 0.05) is 23.5 Å². The van der Waals surface area contributed by atoms with Crippen molar-refractivity contribution in [3.05, 3.63) is 124 Å². The van der Waals surface area contributed by atoms with Crippen LogP contribution in [0.1, 0.15) is 34.0 Å². The number of urea groups is 1. The smallest absolute Gasteiger partial charge is 0.318 e. The van der Waals surface area contributed by atoms with E-state index in [0.29, 0.717) is 18.1 Å². The fourth-order valence-electron chi connectivity index (χ4n) is 4.35. The highest BCUT2D eigenvalue weighted by Crippen LogP contribution is 2.37. The number of carbonyl (C=O) groups excluding carboxylic acids is 1. The number of fused-ring (bicyclic) bond motifs is 3. The van der Waals surface area contributed by atoms with Crippen LogP contribution in [0.15, 0.2) is 91.1 Å². The predicted molar refractivity (Wildman–Crippen MR) is 128 cm³/mol. The number of benzene rings is 3. The molecular formula is C27H24ClN3O. The first-order chi connectivity index (χ1) is 15.6. The highest BCUT2D eigenvalue weighted by atomic mass is 35.5. The Morgan fingerprint density at radius 3 is 2.62 bits per heavy atom. The Bertz CT molecular complexity index is 1260. The molecule has 0 unspecified atom stereocenters. The molecule has 1 N–H and O–H groups in total. The van der Waals surface area contributed by atoms with E-state index in [2.05, 4.69) is 53.3 Å². The summed E-state index contributed by atoms with van der Waals surface area (Å²) < 4.78 is 2.17. The molecule has 0 spiro atoms. The lowest BCUT2D eigenvalue weighted by Crippen LogP contribution is -2.41. The first-order valence-electron chi connectivity index (χ1n) is 10.7. The Kier molecular flexibility index (Phi) is 5.46. The third-order valence-corrected chi connectivity index (χ3v) is 6.19. The molecule has 1 aliphatic heterocycles. The van der Waals surface area contributed by atoms with Gasteiger partial charge in [-0.15, -0.1) is 0 Å². The summed E-state index contributed by atoms with van der Waals surface area (Å²) in [6, 6.07) is 27.9.